The van der Waals surface area contributed by atoms with E-state index in [4.69, 9.17) is 5.73 Å². The average Bonchev–Trinajstić information content (AvgIpc) is 2.64. The third-order valence-corrected chi connectivity index (χ3v) is 4.79. The van der Waals surface area contributed by atoms with Gasteiger partial charge >= 0.3 is 0 Å². The van der Waals surface area contributed by atoms with Crippen molar-refractivity contribution in [3.8, 4) is 11.3 Å². The fraction of sp³-hybridized carbons (Fsp3) is 0.400. The number of nitrogens with zero attached hydrogens (tertiary/aromatic N) is 1. The van der Waals surface area contributed by atoms with Gasteiger partial charge in [0, 0.05) is 16.6 Å². The fourth-order valence-corrected chi connectivity index (χ4v) is 4.10. The Kier molecular flexibility index (Phi) is 2.67. The first-order valence-electron chi connectivity index (χ1n) is 6.38. The number of rotatable bonds is 1. The summed E-state index contributed by atoms with van der Waals surface area (Å²) in [5, 5.41) is 0.927. The minimum Gasteiger partial charge on any atom is -0.390 e. The van der Waals surface area contributed by atoms with Gasteiger partial charge in [-0.25, -0.2) is 0 Å². The Labute approximate surface area is 112 Å². The van der Waals surface area contributed by atoms with Gasteiger partial charge < -0.3 is 5.73 Å². The van der Waals surface area contributed by atoms with Crippen molar-refractivity contribution in [1.29, 1.82) is 0 Å². The van der Waals surface area contributed by atoms with Gasteiger partial charge in [0.15, 0.2) is 0 Å². The van der Waals surface area contributed by atoms with Crippen molar-refractivity contribution in [2.45, 2.75) is 33.1 Å². The topological polar surface area (TPSA) is 38.9 Å². The molecule has 2 nitrogen and oxygen atoms in total. The second kappa shape index (κ2) is 4.09. The lowest BCUT2D eigenvalue weighted by Gasteiger charge is -2.29. The molecule has 3 heteroatoms. The van der Waals surface area contributed by atoms with Crippen molar-refractivity contribution in [1.82, 2.24) is 4.98 Å². The predicted octanol–water partition coefficient (Wildman–Crippen LogP) is 3.91. The Bertz CT molecular complexity index is 570. The van der Waals surface area contributed by atoms with Gasteiger partial charge in [-0.3, -0.25) is 4.98 Å². The van der Waals surface area contributed by atoms with Crippen molar-refractivity contribution in [2.75, 3.05) is 5.73 Å². The summed E-state index contributed by atoms with van der Waals surface area (Å²) in [6, 6.07) is 6.03. The van der Waals surface area contributed by atoms with E-state index in [1.165, 1.54) is 22.4 Å². The van der Waals surface area contributed by atoms with E-state index < -0.39 is 0 Å². The van der Waals surface area contributed by atoms with E-state index >= 15 is 0 Å². The van der Waals surface area contributed by atoms with Crippen LogP contribution in [-0.2, 0) is 12.8 Å². The number of fused-ring (bicyclic) bond motifs is 1. The molecule has 2 aromatic rings. The molecule has 0 atom stereocenters. The van der Waals surface area contributed by atoms with Gasteiger partial charge in [-0.15, -0.1) is 11.3 Å². The molecule has 0 radical (unpaired) electrons. The Morgan fingerprint density at radius 1 is 1.33 bits per heavy atom. The highest BCUT2D eigenvalue weighted by Gasteiger charge is 2.30. The lowest BCUT2D eigenvalue weighted by Crippen LogP contribution is -2.20. The van der Waals surface area contributed by atoms with Crippen LogP contribution in [0.4, 0.5) is 5.00 Å². The van der Waals surface area contributed by atoms with Crippen LogP contribution in [0.25, 0.3) is 11.3 Å². The number of pyridine rings is 1. The molecule has 3 rings (SSSR count). The molecule has 0 fully saturated rings. The van der Waals surface area contributed by atoms with E-state index in [1.807, 2.05) is 18.3 Å². The molecular formula is C15H18N2S. The summed E-state index contributed by atoms with van der Waals surface area (Å²) in [6.45, 7) is 4.68. The van der Waals surface area contributed by atoms with E-state index in [1.54, 1.807) is 11.3 Å². The molecule has 0 amide bonds. The smallest absolute Gasteiger partial charge is 0.0957 e. The van der Waals surface area contributed by atoms with Gasteiger partial charge in [0.1, 0.15) is 0 Å². The highest BCUT2D eigenvalue weighted by Crippen LogP contribution is 2.46. The van der Waals surface area contributed by atoms with Crippen molar-refractivity contribution in [3.05, 3.63) is 34.8 Å². The van der Waals surface area contributed by atoms with E-state index in [0.29, 0.717) is 5.41 Å². The molecular weight excluding hydrogens is 240 g/mol. The predicted molar refractivity (Wildman–Crippen MR) is 77.8 cm³/mol. The molecule has 1 aliphatic carbocycles. The van der Waals surface area contributed by atoms with Crippen molar-refractivity contribution in [2.24, 2.45) is 5.41 Å². The quantitative estimate of drug-likeness (QED) is 0.842. The average molecular weight is 258 g/mol. The van der Waals surface area contributed by atoms with Crippen LogP contribution in [0.5, 0.6) is 0 Å². The summed E-state index contributed by atoms with van der Waals surface area (Å²) in [7, 11) is 0. The molecule has 18 heavy (non-hydrogen) atoms. The molecule has 0 spiro atoms. The molecule has 94 valence electrons. The first-order valence-corrected chi connectivity index (χ1v) is 7.20. The molecule has 0 saturated carbocycles. The Hall–Kier alpha value is -1.35. The first kappa shape index (κ1) is 11.7. The van der Waals surface area contributed by atoms with E-state index in [-0.39, 0.29) is 0 Å². The van der Waals surface area contributed by atoms with Crippen molar-refractivity contribution >= 4 is 16.3 Å². The maximum Gasteiger partial charge on any atom is 0.0957 e. The van der Waals surface area contributed by atoms with Crippen LogP contribution < -0.4 is 5.73 Å². The molecule has 0 aromatic carbocycles. The van der Waals surface area contributed by atoms with Crippen LogP contribution in [0.3, 0.4) is 0 Å². The molecule has 2 N–H and O–H groups in total. The third-order valence-electron chi connectivity index (χ3n) is 3.73. The summed E-state index contributed by atoms with van der Waals surface area (Å²) < 4.78 is 0. The zero-order valence-electron chi connectivity index (χ0n) is 10.9. The van der Waals surface area contributed by atoms with Gasteiger partial charge in [0.2, 0.25) is 0 Å². The highest BCUT2D eigenvalue weighted by atomic mass is 32.1. The molecule has 0 bridgehead atoms. The lowest BCUT2D eigenvalue weighted by molar-refractivity contribution is 0.319. The second-order valence-electron chi connectivity index (χ2n) is 5.80. The van der Waals surface area contributed by atoms with Gasteiger partial charge in [-0.05, 0) is 42.4 Å². The van der Waals surface area contributed by atoms with E-state index in [2.05, 4.69) is 24.9 Å². The summed E-state index contributed by atoms with van der Waals surface area (Å²) >= 11 is 1.75. The largest absolute Gasteiger partial charge is 0.390 e. The van der Waals surface area contributed by atoms with Crippen LogP contribution in [0.15, 0.2) is 24.4 Å². The van der Waals surface area contributed by atoms with Crippen LogP contribution >= 0.6 is 11.3 Å². The van der Waals surface area contributed by atoms with Gasteiger partial charge in [0.05, 0.1) is 10.7 Å². The maximum absolute atomic E-state index is 6.22. The summed E-state index contributed by atoms with van der Waals surface area (Å²) in [4.78, 5) is 5.92. The Balaban J connectivity index is 2.11. The Morgan fingerprint density at radius 2 is 2.17 bits per heavy atom. The number of nitrogens with two attached hydrogens (primary N) is 1. The normalized spacial score (nSPS) is 17.4. The lowest BCUT2D eigenvalue weighted by atomic mass is 9.76. The van der Waals surface area contributed by atoms with Gasteiger partial charge in [0.25, 0.3) is 0 Å². The summed E-state index contributed by atoms with van der Waals surface area (Å²) in [6.07, 6.45) is 5.34. The van der Waals surface area contributed by atoms with E-state index in [9.17, 15) is 0 Å². The number of aromatic nitrogens is 1. The minimum absolute atomic E-state index is 0.408. The number of hydrogen-bond acceptors (Lipinski definition) is 3. The van der Waals surface area contributed by atoms with Crippen molar-refractivity contribution in [3.63, 3.8) is 0 Å². The molecule has 2 aromatic heterocycles. The van der Waals surface area contributed by atoms with Gasteiger partial charge in [-0.1, -0.05) is 19.9 Å². The third kappa shape index (κ3) is 1.93. The fourth-order valence-electron chi connectivity index (χ4n) is 2.72. The molecule has 0 aliphatic heterocycles. The molecule has 0 unspecified atom stereocenters. The van der Waals surface area contributed by atoms with Crippen LogP contribution in [0, 0.1) is 5.41 Å². The first-order chi connectivity index (χ1) is 8.57. The van der Waals surface area contributed by atoms with Crippen LogP contribution in [0.1, 0.15) is 30.7 Å². The van der Waals surface area contributed by atoms with E-state index in [0.717, 1.165) is 23.5 Å². The summed E-state index contributed by atoms with van der Waals surface area (Å²) in [5.41, 5.74) is 10.3. The molecule has 0 saturated heterocycles. The number of nitrogen functional groups attached to an aromatic ring is 1. The standard InChI is InChI=1S/C15H18N2S/c1-15(2)7-6-10-12(9-15)18-14(16)13(10)11-5-3-4-8-17-11/h3-5,8H,6-7,9,16H2,1-2H3. The zero-order valence-corrected chi connectivity index (χ0v) is 11.7. The van der Waals surface area contributed by atoms with Gasteiger partial charge in [-0.2, -0.15) is 0 Å². The number of anilines is 1. The monoisotopic (exact) mass is 258 g/mol. The second-order valence-corrected chi connectivity index (χ2v) is 6.94. The zero-order chi connectivity index (χ0) is 12.8. The minimum atomic E-state index is 0.408. The Morgan fingerprint density at radius 3 is 2.89 bits per heavy atom. The number of thiophene rings is 1. The SMILES string of the molecule is CC1(C)CCc2c(sc(N)c2-c2ccccn2)C1. The van der Waals surface area contributed by atoms with Crippen LogP contribution in [-0.4, -0.2) is 4.98 Å². The summed E-state index contributed by atoms with van der Waals surface area (Å²) in [5.74, 6) is 0. The van der Waals surface area contributed by atoms with Crippen LogP contribution in [0.2, 0.25) is 0 Å². The molecule has 1 aliphatic rings. The number of hydrogen-bond donors (Lipinski definition) is 1. The highest BCUT2D eigenvalue weighted by molar-refractivity contribution is 7.16. The molecule has 2 heterocycles. The van der Waals surface area contributed by atoms with Crippen molar-refractivity contribution < 1.29 is 0 Å². The maximum atomic E-state index is 6.22.